The highest BCUT2D eigenvalue weighted by Gasteiger charge is 2.12. The molecule has 0 aliphatic rings. The minimum Gasteiger partial charge on any atom is -0.393 e. The van der Waals surface area contributed by atoms with Crippen LogP contribution in [-0.4, -0.2) is 22.4 Å². The minimum absolute atomic E-state index is 0.0369. The largest absolute Gasteiger partial charge is 0.393 e. The van der Waals surface area contributed by atoms with Gasteiger partial charge in [0.15, 0.2) is 5.82 Å². The summed E-state index contributed by atoms with van der Waals surface area (Å²) in [6.07, 6.45) is 2.35. The van der Waals surface area contributed by atoms with Crippen molar-refractivity contribution in [2.75, 3.05) is 6.54 Å². The van der Waals surface area contributed by atoms with Gasteiger partial charge in [-0.3, -0.25) is 9.78 Å². The second-order valence-corrected chi connectivity index (χ2v) is 3.84. The third-order valence-corrected chi connectivity index (χ3v) is 2.47. The van der Waals surface area contributed by atoms with E-state index in [1.807, 2.05) is 0 Å². The van der Waals surface area contributed by atoms with Gasteiger partial charge in [0.05, 0.1) is 16.7 Å². The van der Waals surface area contributed by atoms with Gasteiger partial charge in [-0.15, -0.1) is 0 Å². The van der Waals surface area contributed by atoms with Gasteiger partial charge in [0.1, 0.15) is 0 Å². The highest BCUT2D eigenvalue weighted by molar-refractivity contribution is 7.80. The Balaban J connectivity index is 2.60. The molecule has 0 fully saturated rings. The first-order valence-electron chi connectivity index (χ1n) is 4.69. The highest BCUT2D eigenvalue weighted by atomic mass is 32.1. The van der Waals surface area contributed by atoms with Crippen molar-refractivity contribution in [2.24, 2.45) is 11.7 Å². The quantitative estimate of drug-likeness (QED) is 0.768. The molecule has 1 amide bonds. The molecule has 0 saturated heterocycles. The molecule has 4 nitrogen and oxygen atoms in total. The number of aromatic nitrogens is 1. The Kier molecular flexibility index (Phi) is 4.30. The van der Waals surface area contributed by atoms with Gasteiger partial charge in [0.2, 0.25) is 0 Å². The van der Waals surface area contributed by atoms with Crippen LogP contribution in [0.25, 0.3) is 0 Å². The molecule has 0 aliphatic carbocycles. The molecule has 0 radical (unpaired) electrons. The monoisotopic (exact) mass is 241 g/mol. The zero-order valence-corrected chi connectivity index (χ0v) is 9.55. The average molecular weight is 241 g/mol. The first-order chi connectivity index (χ1) is 7.52. The Morgan fingerprint density at radius 1 is 1.75 bits per heavy atom. The van der Waals surface area contributed by atoms with Crippen LogP contribution < -0.4 is 11.1 Å². The molecule has 0 aliphatic heterocycles. The van der Waals surface area contributed by atoms with Crippen LogP contribution in [0.1, 0.15) is 17.3 Å². The number of hydrogen-bond donors (Lipinski definition) is 2. The molecule has 16 heavy (non-hydrogen) atoms. The van der Waals surface area contributed by atoms with Gasteiger partial charge in [0.25, 0.3) is 5.91 Å². The molecular formula is C10H12FN3OS. The Hall–Kier alpha value is -1.56. The van der Waals surface area contributed by atoms with E-state index in [2.05, 4.69) is 10.3 Å². The molecule has 3 N–H and O–H groups in total. The highest BCUT2D eigenvalue weighted by Crippen LogP contribution is 2.04. The molecule has 1 aromatic rings. The molecule has 1 rings (SSSR count). The lowest BCUT2D eigenvalue weighted by atomic mass is 10.1. The number of thiocarbonyl (C=S) groups is 1. The Morgan fingerprint density at radius 3 is 3.00 bits per heavy atom. The maximum Gasteiger partial charge on any atom is 0.254 e. The van der Waals surface area contributed by atoms with Crippen molar-refractivity contribution in [3.63, 3.8) is 0 Å². The Labute approximate surface area is 98.1 Å². The van der Waals surface area contributed by atoms with Crippen molar-refractivity contribution in [1.29, 1.82) is 0 Å². The fourth-order valence-electron chi connectivity index (χ4n) is 1.00. The van der Waals surface area contributed by atoms with Gasteiger partial charge in [0, 0.05) is 18.7 Å². The zero-order chi connectivity index (χ0) is 12.1. The second-order valence-electron chi connectivity index (χ2n) is 3.37. The van der Waals surface area contributed by atoms with Gasteiger partial charge >= 0.3 is 0 Å². The van der Waals surface area contributed by atoms with Crippen LogP contribution in [0.15, 0.2) is 18.5 Å². The summed E-state index contributed by atoms with van der Waals surface area (Å²) in [5.41, 5.74) is 5.35. The molecule has 0 bridgehead atoms. The summed E-state index contributed by atoms with van der Waals surface area (Å²) in [5.74, 6) is -1.27. The number of rotatable bonds is 4. The van der Waals surface area contributed by atoms with Crippen LogP contribution in [0.2, 0.25) is 0 Å². The topological polar surface area (TPSA) is 68.0 Å². The van der Waals surface area contributed by atoms with E-state index < -0.39 is 11.7 Å². The van der Waals surface area contributed by atoms with Crippen LogP contribution in [0, 0.1) is 11.7 Å². The van der Waals surface area contributed by atoms with E-state index in [9.17, 15) is 9.18 Å². The fraction of sp³-hybridized carbons (Fsp3) is 0.300. The average Bonchev–Trinajstić information content (AvgIpc) is 2.25. The first kappa shape index (κ1) is 12.5. The van der Waals surface area contributed by atoms with E-state index in [1.165, 1.54) is 12.3 Å². The number of halogens is 1. The van der Waals surface area contributed by atoms with Crippen molar-refractivity contribution in [1.82, 2.24) is 10.3 Å². The van der Waals surface area contributed by atoms with Crippen LogP contribution in [-0.2, 0) is 0 Å². The predicted molar refractivity (Wildman–Crippen MR) is 62.5 cm³/mol. The summed E-state index contributed by atoms with van der Waals surface area (Å²) in [5, 5.41) is 2.55. The van der Waals surface area contributed by atoms with Crippen molar-refractivity contribution >= 4 is 23.1 Å². The number of nitrogens with zero attached hydrogens (tertiary/aromatic N) is 1. The number of carbonyl (C=O) groups is 1. The van der Waals surface area contributed by atoms with Gasteiger partial charge < -0.3 is 11.1 Å². The summed E-state index contributed by atoms with van der Waals surface area (Å²) < 4.78 is 13.1. The van der Waals surface area contributed by atoms with Crippen molar-refractivity contribution in [3.8, 4) is 0 Å². The SMILES string of the molecule is CC(CNC(=O)c1ccncc1F)C(N)=S. The van der Waals surface area contributed by atoms with E-state index >= 15 is 0 Å². The summed E-state index contributed by atoms with van der Waals surface area (Å²) in [6.45, 7) is 2.07. The van der Waals surface area contributed by atoms with Crippen LogP contribution in [0.5, 0.6) is 0 Å². The summed E-state index contributed by atoms with van der Waals surface area (Å²) in [4.78, 5) is 15.4. The predicted octanol–water partition coefficient (Wildman–Crippen LogP) is 0.873. The third kappa shape index (κ3) is 3.23. The lowest BCUT2D eigenvalue weighted by molar-refractivity contribution is 0.0947. The molecule has 0 aromatic carbocycles. The van der Waals surface area contributed by atoms with Crippen molar-refractivity contribution < 1.29 is 9.18 Å². The summed E-state index contributed by atoms with van der Waals surface area (Å²) in [6, 6.07) is 1.32. The maximum absolute atomic E-state index is 13.1. The number of amides is 1. The molecule has 1 atom stereocenters. The zero-order valence-electron chi connectivity index (χ0n) is 8.74. The van der Waals surface area contributed by atoms with Gasteiger partial charge in [-0.2, -0.15) is 0 Å². The minimum atomic E-state index is -0.650. The van der Waals surface area contributed by atoms with Crippen LogP contribution >= 0.6 is 12.2 Å². The number of nitrogens with one attached hydrogen (secondary N) is 1. The van der Waals surface area contributed by atoms with E-state index in [4.69, 9.17) is 18.0 Å². The second kappa shape index (κ2) is 5.50. The Morgan fingerprint density at radius 2 is 2.44 bits per heavy atom. The third-order valence-electron chi connectivity index (χ3n) is 2.07. The van der Waals surface area contributed by atoms with Gasteiger partial charge in [-0.05, 0) is 6.07 Å². The van der Waals surface area contributed by atoms with Gasteiger partial charge in [-0.1, -0.05) is 19.1 Å². The van der Waals surface area contributed by atoms with E-state index in [1.54, 1.807) is 6.92 Å². The molecule has 1 heterocycles. The van der Waals surface area contributed by atoms with E-state index in [0.717, 1.165) is 6.20 Å². The molecule has 6 heteroatoms. The number of hydrogen-bond acceptors (Lipinski definition) is 3. The fourth-order valence-corrected chi connectivity index (χ4v) is 1.08. The first-order valence-corrected chi connectivity index (χ1v) is 5.10. The normalized spacial score (nSPS) is 11.9. The molecule has 0 spiro atoms. The molecule has 1 unspecified atom stereocenters. The van der Waals surface area contributed by atoms with E-state index in [-0.39, 0.29) is 18.0 Å². The number of carbonyl (C=O) groups excluding carboxylic acids is 1. The standard InChI is InChI=1S/C10H12FN3OS/c1-6(9(12)16)4-14-10(15)7-2-3-13-5-8(7)11/h2-3,5-6H,4H2,1H3,(H2,12,16)(H,14,15). The molecular weight excluding hydrogens is 229 g/mol. The molecule has 86 valence electrons. The smallest absolute Gasteiger partial charge is 0.254 e. The molecule has 1 aromatic heterocycles. The Bertz CT molecular complexity index is 411. The lowest BCUT2D eigenvalue weighted by Gasteiger charge is -2.10. The van der Waals surface area contributed by atoms with E-state index in [0.29, 0.717) is 4.99 Å². The van der Waals surface area contributed by atoms with Crippen LogP contribution in [0.3, 0.4) is 0 Å². The number of nitrogens with two attached hydrogens (primary N) is 1. The van der Waals surface area contributed by atoms with Crippen molar-refractivity contribution in [2.45, 2.75) is 6.92 Å². The van der Waals surface area contributed by atoms with Crippen LogP contribution in [0.4, 0.5) is 4.39 Å². The molecule has 0 saturated carbocycles. The maximum atomic E-state index is 13.1. The summed E-state index contributed by atoms with van der Waals surface area (Å²) >= 11 is 4.76. The lowest BCUT2D eigenvalue weighted by Crippen LogP contribution is -2.34. The summed E-state index contributed by atoms with van der Waals surface area (Å²) in [7, 11) is 0. The number of pyridine rings is 1. The van der Waals surface area contributed by atoms with Gasteiger partial charge in [-0.25, -0.2) is 4.39 Å². The van der Waals surface area contributed by atoms with Crippen molar-refractivity contribution in [3.05, 3.63) is 29.8 Å².